The number of nitrogens with zero attached hydrogens (tertiary/aromatic N) is 5. The van der Waals surface area contributed by atoms with E-state index in [1.807, 2.05) is 20.0 Å². The van der Waals surface area contributed by atoms with Crippen LogP contribution < -0.4 is 10.6 Å². The van der Waals surface area contributed by atoms with E-state index < -0.39 is 17.6 Å². The maximum absolute atomic E-state index is 13.0. The van der Waals surface area contributed by atoms with Crippen LogP contribution in [-0.2, 0) is 13.2 Å². The zero-order valence-electron chi connectivity index (χ0n) is 19.7. The monoisotopic (exact) mass is 503 g/mol. The van der Waals surface area contributed by atoms with Gasteiger partial charge < -0.3 is 10.6 Å². The van der Waals surface area contributed by atoms with Gasteiger partial charge in [-0.3, -0.25) is 14.5 Å². The molecule has 0 spiro atoms. The molecule has 0 fully saturated rings. The highest BCUT2D eigenvalue weighted by Crippen LogP contribution is 2.30. The van der Waals surface area contributed by atoms with Crippen LogP contribution in [0.5, 0.6) is 0 Å². The fraction of sp³-hybridized carbons (Fsp3) is 0.115. The second-order valence-corrected chi connectivity index (χ2v) is 8.41. The lowest BCUT2D eigenvalue weighted by Gasteiger charge is -2.12. The smallest absolute Gasteiger partial charge is 0.322 e. The van der Waals surface area contributed by atoms with Crippen LogP contribution >= 0.6 is 0 Å². The first-order valence-electron chi connectivity index (χ1n) is 11.1. The summed E-state index contributed by atoms with van der Waals surface area (Å²) in [5.41, 5.74) is 3.14. The number of aromatic nitrogens is 5. The van der Waals surface area contributed by atoms with E-state index in [2.05, 4.69) is 30.7 Å². The SMILES string of the molecule is Cc1ccc(NC(=O)c2cccc(C(F)(F)F)c2)cc1-c1cc2cnc(Nc3cnn(C)c3)nc2cn1. The van der Waals surface area contributed by atoms with Crippen molar-refractivity contribution >= 4 is 34.1 Å². The molecular weight excluding hydrogens is 483 g/mol. The van der Waals surface area contributed by atoms with Crippen LogP contribution in [0, 0.1) is 6.92 Å². The maximum atomic E-state index is 13.0. The Morgan fingerprint density at radius 1 is 0.973 bits per heavy atom. The first kappa shape index (κ1) is 23.9. The third-order valence-electron chi connectivity index (χ3n) is 5.65. The molecule has 2 aromatic carbocycles. The van der Waals surface area contributed by atoms with Crippen LogP contribution in [0.25, 0.3) is 22.2 Å². The Kier molecular flexibility index (Phi) is 6.04. The van der Waals surface area contributed by atoms with E-state index >= 15 is 0 Å². The molecule has 0 aliphatic carbocycles. The molecule has 0 bridgehead atoms. The number of nitrogens with one attached hydrogen (secondary N) is 2. The van der Waals surface area contributed by atoms with E-state index in [9.17, 15) is 18.0 Å². The molecule has 3 heterocycles. The van der Waals surface area contributed by atoms with Crippen LogP contribution in [0.1, 0.15) is 21.5 Å². The maximum Gasteiger partial charge on any atom is 0.416 e. The summed E-state index contributed by atoms with van der Waals surface area (Å²) in [6, 6.07) is 11.4. The second kappa shape index (κ2) is 9.34. The number of carbonyl (C=O) groups is 1. The molecule has 0 unspecified atom stereocenters. The minimum Gasteiger partial charge on any atom is -0.322 e. The molecule has 0 saturated carbocycles. The van der Waals surface area contributed by atoms with E-state index in [0.29, 0.717) is 22.8 Å². The van der Waals surface area contributed by atoms with Crippen LogP contribution in [0.3, 0.4) is 0 Å². The first-order chi connectivity index (χ1) is 17.7. The van der Waals surface area contributed by atoms with Crippen LogP contribution in [0.2, 0.25) is 0 Å². The topological polar surface area (TPSA) is 97.6 Å². The summed E-state index contributed by atoms with van der Waals surface area (Å²) in [5, 5.41) is 10.6. The van der Waals surface area contributed by atoms with Gasteiger partial charge in [0, 0.05) is 41.6 Å². The fourth-order valence-corrected chi connectivity index (χ4v) is 3.77. The Hall–Kier alpha value is -4.80. The van der Waals surface area contributed by atoms with Crippen LogP contribution in [0.15, 0.2) is 73.3 Å². The number of halogens is 3. The number of fused-ring (bicyclic) bond motifs is 1. The number of rotatable bonds is 5. The van der Waals surface area contributed by atoms with Crippen molar-refractivity contribution in [2.75, 3.05) is 10.6 Å². The molecule has 11 heteroatoms. The average Bonchev–Trinajstić information content (AvgIpc) is 3.28. The standard InChI is InChI=1S/C26H20F3N7O/c1-15-6-7-19(33-24(37)16-4-3-5-18(8-16)26(27,28)29)10-21(15)22-9-17-11-31-25(35-23(17)13-30-22)34-20-12-32-36(2)14-20/h3-14H,1-2H3,(H,33,37)(H,31,34,35). The van der Waals surface area contributed by atoms with Gasteiger partial charge in [-0.05, 0) is 48.9 Å². The average molecular weight is 503 g/mol. The van der Waals surface area contributed by atoms with Gasteiger partial charge in [-0.1, -0.05) is 12.1 Å². The lowest BCUT2D eigenvalue weighted by Crippen LogP contribution is -2.14. The molecule has 2 N–H and O–H groups in total. The highest BCUT2D eigenvalue weighted by molar-refractivity contribution is 6.04. The Balaban J connectivity index is 1.39. The number of anilines is 3. The molecule has 0 radical (unpaired) electrons. The van der Waals surface area contributed by atoms with Crippen molar-refractivity contribution in [2.45, 2.75) is 13.1 Å². The highest BCUT2D eigenvalue weighted by atomic mass is 19.4. The number of hydrogen-bond donors (Lipinski definition) is 2. The van der Waals surface area contributed by atoms with Crippen molar-refractivity contribution in [1.82, 2.24) is 24.7 Å². The zero-order valence-corrected chi connectivity index (χ0v) is 19.7. The molecule has 0 atom stereocenters. The highest BCUT2D eigenvalue weighted by Gasteiger charge is 2.30. The second-order valence-electron chi connectivity index (χ2n) is 8.41. The largest absolute Gasteiger partial charge is 0.416 e. The van der Waals surface area contributed by atoms with E-state index in [0.717, 1.165) is 34.3 Å². The van der Waals surface area contributed by atoms with Gasteiger partial charge in [0.05, 0.1) is 34.9 Å². The van der Waals surface area contributed by atoms with Gasteiger partial charge in [-0.15, -0.1) is 0 Å². The molecule has 1 amide bonds. The normalized spacial score (nSPS) is 11.5. The summed E-state index contributed by atoms with van der Waals surface area (Å²) < 4.78 is 40.7. The Bertz CT molecular complexity index is 1630. The van der Waals surface area contributed by atoms with E-state index in [1.165, 1.54) is 12.1 Å². The molecule has 5 rings (SSSR count). The molecule has 3 aromatic heterocycles. The van der Waals surface area contributed by atoms with E-state index in [-0.39, 0.29) is 5.56 Å². The molecule has 186 valence electrons. The minimum atomic E-state index is -4.53. The summed E-state index contributed by atoms with van der Waals surface area (Å²) in [7, 11) is 1.81. The molecule has 0 aliphatic heterocycles. The van der Waals surface area contributed by atoms with Gasteiger partial charge in [0.15, 0.2) is 0 Å². The van der Waals surface area contributed by atoms with Gasteiger partial charge in [0.25, 0.3) is 5.91 Å². The number of aryl methyl sites for hydroxylation is 2. The Labute approximate surface area is 209 Å². The summed E-state index contributed by atoms with van der Waals surface area (Å²) in [4.78, 5) is 26.0. The van der Waals surface area contributed by atoms with E-state index in [4.69, 9.17) is 0 Å². The van der Waals surface area contributed by atoms with Gasteiger partial charge in [0.2, 0.25) is 5.95 Å². The summed E-state index contributed by atoms with van der Waals surface area (Å²) in [6.07, 6.45) is 2.25. The zero-order chi connectivity index (χ0) is 26.2. The molecular formula is C26H20F3N7O. The number of alkyl halides is 3. The third-order valence-corrected chi connectivity index (χ3v) is 5.65. The molecule has 8 nitrogen and oxygen atoms in total. The minimum absolute atomic E-state index is 0.0892. The predicted molar refractivity (Wildman–Crippen MR) is 133 cm³/mol. The van der Waals surface area contributed by atoms with E-state index in [1.54, 1.807) is 47.7 Å². The lowest BCUT2D eigenvalue weighted by atomic mass is 10.0. The predicted octanol–water partition coefficient (Wildman–Crippen LogP) is 5.75. The molecule has 0 aliphatic rings. The first-order valence-corrected chi connectivity index (χ1v) is 11.1. The Morgan fingerprint density at radius 3 is 2.57 bits per heavy atom. The Morgan fingerprint density at radius 2 is 1.81 bits per heavy atom. The summed E-state index contributed by atoms with van der Waals surface area (Å²) in [5.74, 6) is -0.236. The van der Waals surface area contributed by atoms with Crippen LogP contribution in [0.4, 0.5) is 30.5 Å². The fourth-order valence-electron chi connectivity index (χ4n) is 3.77. The third kappa shape index (κ3) is 5.25. The van der Waals surface area contributed by atoms with Gasteiger partial charge in [-0.25, -0.2) is 9.97 Å². The molecule has 37 heavy (non-hydrogen) atoms. The van der Waals surface area contributed by atoms with Gasteiger partial charge >= 0.3 is 6.18 Å². The van der Waals surface area contributed by atoms with Crippen molar-refractivity contribution in [2.24, 2.45) is 7.05 Å². The lowest BCUT2D eigenvalue weighted by molar-refractivity contribution is -0.137. The number of amides is 1. The number of carbonyl (C=O) groups excluding carboxylic acids is 1. The van der Waals surface area contributed by atoms with Gasteiger partial charge in [-0.2, -0.15) is 18.3 Å². The summed E-state index contributed by atoms with van der Waals surface area (Å²) in [6.45, 7) is 1.90. The summed E-state index contributed by atoms with van der Waals surface area (Å²) >= 11 is 0. The van der Waals surface area contributed by atoms with Crippen molar-refractivity contribution in [3.8, 4) is 11.3 Å². The number of pyridine rings is 1. The van der Waals surface area contributed by atoms with Gasteiger partial charge in [0.1, 0.15) is 0 Å². The number of benzene rings is 2. The van der Waals surface area contributed by atoms with Crippen molar-refractivity contribution < 1.29 is 18.0 Å². The molecule has 5 aromatic rings. The quantitative estimate of drug-likeness (QED) is 0.317. The molecule has 0 saturated heterocycles. The number of hydrogen-bond acceptors (Lipinski definition) is 6. The van der Waals surface area contributed by atoms with Crippen LogP contribution in [-0.4, -0.2) is 30.6 Å². The van der Waals surface area contributed by atoms with Crippen molar-refractivity contribution in [3.05, 3.63) is 90.0 Å². The van der Waals surface area contributed by atoms with Crippen molar-refractivity contribution in [3.63, 3.8) is 0 Å². The van der Waals surface area contributed by atoms with Crippen molar-refractivity contribution in [1.29, 1.82) is 0 Å².